The fourth-order valence-electron chi connectivity index (χ4n) is 1.48. The van der Waals surface area contributed by atoms with Crippen molar-refractivity contribution in [3.63, 3.8) is 0 Å². The van der Waals surface area contributed by atoms with Crippen molar-refractivity contribution in [1.29, 1.82) is 0 Å². The smallest absolute Gasteiger partial charge is 0.0203 e. The average Bonchev–Trinajstić information content (AvgIpc) is 2.69. The largest absolute Gasteiger partial charge is 0.0853 e. The fraction of sp³-hybridized carbons (Fsp3) is 0.800. The minimum absolute atomic E-state index is 1.000. The van der Waals surface area contributed by atoms with Crippen LogP contribution in [0.1, 0.15) is 46.0 Å². The summed E-state index contributed by atoms with van der Waals surface area (Å²) >= 11 is 0. The van der Waals surface area contributed by atoms with Crippen LogP contribution in [0.4, 0.5) is 0 Å². The van der Waals surface area contributed by atoms with Crippen molar-refractivity contribution >= 4 is 0 Å². The Morgan fingerprint density at radius 3 is 2.50 bits per heavy atom. The fourth-order valence-corrected chi connectivity index (χ4v) is 1.48. The van der Waals surface area contributed by atoms with Gasteiger partial charge in [-0.15, -0.1) is 0 Å². The van der Waals surface area contributed by atoms with Gasteiger partial charge in [0.05, 0.1) is 0 Å². The van der Waals surface area contributed by atoms with E-state index < -0.39 is 0 Å². The minimum Gasteiger partial charge on any atom is -0.0853 e. The SMILES string of the molecule is CCC=C(CCC)C1CC1. The third kappa shape index (κ3) is 2.17. The van der Waals surface area contributed by atoms with E-state index in [1.165, 1.54) is 32.1 Å². The van der Waals surface area contributed by atoms with Crippen LogP contribution in [0.3, 0.4) is 0 Å². The number of rotatable bonds is 4. The molecule has 1 aliphatic carbocycles. The molecule has 0 radical (unpaired) electrons. The van der Waals surface area contributed by atoms with E-state index in [0.717, 1.165) is 5.92 Å². The third-order valence-electron chi connectivity index (χ3n) is 2.11. The molecule has 0 aliphatic heterocycles. The predicted octanol–water partition coefficient (Wildman–Crippen LogP) is 3.53. The highest BCUT2D eigenvalue weighted by Crippen LogP contribution is 2.38. The molecule has 0 saturated heterocycles. The summed E-state index contributed by atoms with van der Waals surface area (Å²) in [5.74, 6) is 1.000. The highest BCUT2D eigenvalue weighted by Gasteiger charge is 2.24. The summed E-state index contributed by atoms with van der Waals surface area (Å²) < 4.78 is 0. The predicted molar refractivity (Wildman–Crippen MR) is 46.0 cm³/mol. The van der Waals surface area contributed by atoms with Gasteiger partial charge in [0, 0.05) is 0 Å². The lowest BCUT2D eigenvalue weighted by atomic mass is 10.1. The number of hydrogen-bond donors (Lipinski definition) is 0. The van der Waals surface area contributed by atoms with Crippen LogP contribution in [-0.2, 0) is 0 Å². The molecule has 0 bridgehead atoms. The summed E-state index contributed by atoms with van der Waals surface area (Å²) in [5.41, 5.74) is 1.74. The molecule has 0 N–H and O–H groups in total. The van der Waals surface area contributed by atoms with E-state index in [4.69, 9.17) is 0 Å². The first-order chi connectivity index (χ1) is 4.88. The summed E-state index contributed by atoms with van der Waals surface area (Å²) in [6.07, 6.45) is 9.26. The van der Waals surface area contributed by atoms with Gasteiger partial charge in [0.1, 0.15) is 0 Å². The Hall–Kier alpha value is -0.260. The van der Waals surface area contributed by atoms with E-state index in [9.17, 15) is 0 Å². The summed E-state index contributed by atoms with van der Waals surface area (Å²) in [6.45, 7) is 4.50. The first kappa shape index (κ1) is 7.84. The molecule has 0 amide bonds. The maximum atomic E-state index is 2.43. The molecule has 0 aromatic rings. The zero-order valence-electron chi connectivity index (χ0n) is 7.19. The van der Waals surface area contributed by atoms with Gasteiger partial charge in [-0.25, -0.2) is 0 Å². The quantitative estimate of drug-likeness (QED) is 0.521. The van der Waals surface area contributed by atoms with Gasteiger partial charge in [-0.1, -0.05) is 31.9 Å². The van der Waals surface area contributed by atoms with E-state index in [1.54, 1.807) is 5.57 Å². The Morgan fingerprint density at radius 2 is 2.10 bits per heavy atom. The Bertz CT molecular complexity index is 118. The molecular formula is C10H18. The monoisotopic (exact) mass is 138 g/mol. The average molecular weight is 138 g/mol. The summed E-state index contributed by atoms with van der Waals surface area (Å²) in [5, 5.41) is 0. The van der Waals surface area contributed by atoms with Crippen molar-refractivity contribution in [3.05, 3.63) is 11.6 Å². The standard InChI is InChI=1S/C10H18/c1-3-5-9(6-4-2)10-7-8-10/h5,10H,3-4,6-8H2,1-2H3. The third-order valence-corrected chi connectivity index (χ3v) is 2.11. The van der Waals surface area contributed by atoms with Crippen molar-refractivity contribution in [2.75, 3.05) is 0 Å². The van der Waals surface area contributed by atoms with Gasteiger partial charge in [-0.05, 0) is 31.6 Å². The molecule has 1 rings (SSSR count). The van der Waals surface area contributed by atoms with Gasteiger partial charge in [-0.2, -0.15) is 0 Å². The Morgan fingerprint density at radius 1 is 1.40 bits per heavy atom. The van der Waals surface area contributed by atoms with Crippen LogP contribution in [0, 0.1) is 5.92 Å². The van der Waals surface area contributed by atoms with Crippen LogP contribution in [0.5, 0.6) is 0 Å². The lowest BCUT2D eigenvalue weighted by Gasteiger charge is -2.01. The second kappa shape index (κ2) is 3.80. The molecule has 0 aromatic heterocycles. The lowest BCUT2D eigenvalue weighted by Crippen LogP contribution is -1.84. The lowest BCUT2D eigenvalue weighted by molar-refractivity contribution is 0.813. The molecule has 1 saturated carbocycles. The van der Waals surface area contributed by atoms with Gasteiger partial charge in [0.15, 0.2) is 0 Å². The minimum atomic E-state index is 1.000. The van der Waals surface area contributed by atoms with Crippen molar-refractivity contribution < 1.29 is 0 Å². The second-order valence-electron chi connectivity index (χ2n) is 3.21. The van der Waals surface area contributed by atoms with Crippen LogP contribution < -0.4 is 0 Å². The van der Waals surface area contributed by atoms with Crippen molar-refractivity contribution in [3.8, 4) is 0 Å². The molecule has 1 fully saturated rings. The van der Waals surface area contributed by atoms with Crippen LogP contribution >= 0.6 is 0 Å². The Balaban J connectivity index is 2.33. The molecule has 0 spiro atoms. The van der Waals surface area contributed by atoms with Gasteiger partial charge < -0.3 is 0 Å². The summed E-state index contributed by atoms with van der Waals surface area (Å²) in [7, 11) is 0. The molecule has 0 aromatic carbocycles. The Labute approximate surface area is 64.3 Å². The summed E-state index contributed by atoms with van der Waals surface area (Å²) in [6, 6.07) is 0. The molecule has 0 nitrogen and oxygen atoms in total. The maximum Gasteiger partial charge on any atom is -0.0203 e. The molecule has 0 unspecified atom stereocenters. The second-order valence-corrected chi connectivity index (χ2v) is 3.21. The highest BCUT2D eigenvalue weighted by molar-refractivity contribution is 5.11. The van der Waals surface area contributed by atoms with Crippen LogP contribution in [-0.4, -0.2) is 0 Å². The zero-order chi connectivity index (χ0) is 7.40. The molecule has 1 aliphatic rings. The van der Waals surface area contributed by atoms with Gasteiger partial charge in [-0.3, -0.25) is 0 Å². The molecule has 0 heteroatoms. The van der Waals surface area contributed by atoms with Crippen molar-refractivity contribution in [1.82, 2.24) is 0 Å². The molecular weight excluding hydrogens is 120 g/mol. The number of hydrogen-bond acceptors (Lipinski definition) is 0. The van der Waals surface area contributed by atoms with Gasteiger partial charge >= 0.3 is 0 Å². The maximum absolute atomic E-state index is 2.43. The normalized spacial score (nSPS) is 19.6. The topological polar surface area (TPSA) is 0 Å². The van der Waals surface area contributed by atoms with E-state index in [2.05, 4.69) is 19.9 Å². The van der Waals surface area contributed by atoms with Gasteiger partial charge in [0.25, 0.3) is 0 Å². The van der Waals surface area contributed by atoms with Gasteiger partial charge in [0.2, 0.25) is 0 Å². The van der Waals surface area contributed by atoms with E-state index >= 15 is 0 Å². The van der Waals surface area contributed by atoms with E-state index in [1.807, 2.05) is 0 Å². The molecule has 0 heterocycles. The summed E-state index contributed by atoms with van der Waals surface area (Å²) in [4.78, 5) is 0. The van der Waals surface area contributed by atoms with Crippen LogP contribution in [0.25, 0.3) is 0 Å². The van der Waals surface area contributed by atoms with Crippen molar-refractivity contribution in [2.45, 2.75) is 46.0 Å². The molecule has 58 valence electrons. The van der Waals surface area contributed by atoms with E-state index in [-0.39, 0.29) is 0 Å². The van der Waals surface area contributed by atoms with Crippen LogP contribution in [0.2, 0.25) is 0 Å². The highest BCUT2D eigenvalue weighted by atomic mass is 14.3. The number of allylic oxidation sites excluding steroid dienone is 2. The zero-order valence-corrected chi connectivity index (χ0v) is 7.19. The molecule has 0 atom stereocenters. The van der Waals surface area contributed by atoms with Crippen LogP contribution in [0.15, 0.2) is 11.6 Å². The molecule has 10 heavy (non-hydrogen) atoms. The van der Waals surface area contributed by atoms with Crippen molar-refractivity contribution in [2.24, 2.45) is 5.92 Å². The first-order valence-corrected chi connectivity index (χ1v) is 4.57. The first-order valence-electron chi connectivity index (χ1n) is 4.57. The van der Waals surface area contributed by atoms with E-state index in [0.29, 0.717) is 0 Å². The Kier molecular flexibility index (Phi) is 2.98.